The summed E-state index contributed by atoms with van der Waals surface area (Å²) >= 11 is 0. The number of aryl methyl sites for hydroxylation is 1. The molecule has 6 nitrogen and oxygen atoms in total. The topological polar surface area (TPSA) is 80.7 Å². The summed E-state index contributed by atoms with van der Waals surface area (Å²) in [6, 6.07) is 1.76. The van der Waals surface area contributed by atoms with Crippen LogP contribution in [0.5, 0.6) is 0 Å². The van der Waals surface area contributed by atoms with Crippen molar-refractivity contribution in [1.82, 2.24) is 10.3 Å². The summed E-state index contributed by atoms with van der Waals surface area (Å²) in [5.74, 6) is 6.20. The molecular weight excluding hydrogens is 258 g/mol. The maximum atomic E-state index is 11.6. The Morgan fingerprint density at radius 3 is 3.00 bits per heavy atom. The molecule has 1 fully saturated rings. The van der Waals surface area contributed by atoms with Gasteiger partial charge in [-0.25, -0.2) is 5.84 Å². The van der Waals surface area contributed by atoms with Crippen LogP contribution in [0.25, 0.3) is 0 Å². The van der Waals surface area contributed by atoms with E-state index >= 15 is 0 Å². The Balaban J connectivity index is 1.98. The van der Waals surface area contributed by atoms with Crippen molar-refractivity contribution in [3.05, 3.63) is 23.2 Å². The van der Waals surface area contributed by atoms with Gasteiger partial charge in [0.15, 0.2) is 0 Å². The first-order valence-corrected chi connectivity index (χ1v) is 7.08. The average Bonchev–Trinajstić information content (AvgIpc) is 3.07. The zero-order valence-corrected chi connectivity index (χ0v) is 12.1. The van der Waals surface area contributed by atoms with Crippen LogP contribution < -0.4 is 11.3 Å². The first kappa shape index (κ1) is 15.0. The van der Waals surface area contributed by atoms with Gasteiger partial charge in [-0.1, -0.05) is 6.92 Å². The number of hydrogen-bond donors (Lipinski definition) is 2. The lowest BCUT2D eigenvalue weighted by Crippen LogP contribution is -2.31. The molecule has 3 N–H and O–H groups in total. The van der Waals surface area contributed by atoms with Crippen molar-refractivity contribution in [2.75, 3.05) is 19.7 Å². The van der Waals surface area contributed by atoms with Gasteiger partial charge in [0.1, 0.15) is 11.5 Å². The van der Waals surface area contributed by atoms with Crippen molar-refractivity contribution < 1.29 is 13.9 Å². The SMILES string of the molecule is CCN(Cc1cc(C(=O)NN)c(C)o1)CC1CCCO1. The molecule has 1 aliphatic heterocycles. The Kier molecular flexibility index (Phi) is 5.17. The molecular formula is C14H23N3O3. The standard InChI is InChI=1S/C14H23N3O3/c1-3-17(8-11-5-4-6-19-11)9-12-7-13(10(2)20-12)14(18)16-15/h7,11H,3-6,8-9,15H2,1-2H3,(H,16,18). The highest BCUT2D eigenvalue weighted by molar-refractivity contribution is 5.94. The minimum Gasteiger partial charge on any atom is -0.464 e. The van der Waals surface area contributed by atoms with Crippen molar-refractivity contribution in [2.24, 2.45) is 5.84 Å². The molecule has 1 aromatic rings. The van der Waals surface area contributed by atoms with Crippen molar-refractivity contribution in [1.29, 1.82) is 0 Å². The van der Waals surface area contributed by atoms with E-state index in [0.717, 1.165) is 38.3 Å². The summed E-state index contributed by atoms with van der Waals surface area (Å²) < 4.78 is 11.3. The van der Waals surface area contributed by atoms with E-state index in [0.29, 0.717) is 24.0 Å². The maximum Gasteiger partial charge on any atom is 0.268 e. The molecule has 0 aliphatic carbocycles. The summed E-state index contributed by atoms with van der Waals surface area (Å²) in [6.07, 6.45) is 2.58. The molecule has 1 unspecified atom stereocenters. The lowest BCUT2D eigenvalue weighted by atomic mass is 10.2. The van der Waals surface area contributed by atoms with Crippen LogP contribution in [0.1, 0.15) is 41.6 Å². The van der Waals surface area contributed by atoms with Crippen LogP contribution >= 0.6 is 0 Å². The molecule has 0 saturated carbocycles. The van der Waals surface area contributed by atoms with E-state index in [-0.39, 0.29) is 5.91 Å². The lowest BCUT2D eigenvalue weighted by molar-refractivity contribution is 0.0702. The number of furan rings is 1. The smallest absolute Gasteiger partial charge is 0.268 e. The fourth-order valence-electron chi connectivity index (χ4n) is 2.53. The van der Waals surface area contributed by atoms with Crippen LogP contribution in [0.3, 0.4) is 0 Å². The van der Waals surface area contributed by atoms with E-state index < -0.39 is 0 Å². The second-order valence-electron chi connectivity index (χ2n) is 5.12. The van der Waals surface area contributed by atoms with Gasteiger partial charge in [-0.15, -0.1) is 0 Å². The molecule has 1 saturated heterocycles. The van der Waals surface area contributed by atoms with E-state index in [4.69, 9.17) is 15.0 Å². The molecule has 0 spiro atoms. The fourth-order valence-corrected chi connectivity index (χ4v) is 2.53. The minimum atomic E-state index is -0.320. The summed E-state index contributed by atoms with van der Waals surface area (Å²) in [6.45, 7) is 7.23. The zero-order chi connectivity index (χ0) is 14.5. The predicted octanol–water partition coefficient (Wildman–Crippen LogP) is 1.19. The van der Waals surface area contributed by atoms with Gasteiger partial charge in [-0.05, 0) is 32.4 Å². The Hall–Kier alpha value is -1.37. The molecule has 1 atom stereocenters. The van der Waals surface area contributed by atoms with Gasteiger partial charge in [-0.2, -0.15) is 0 Å². The fraction of sp³-hybridized carbons (Fsp3) is 0.643. The highest BCUT2D eigenvalue weighted by Gasteiger charge is 2.20. The Labute approximate surface area is 119 Å². The van der Waals surface area contributed by atoms with Crippen LogP contribution in [-0.4, -0.2) is 36.6 Å². The number of rotatable bonds is 6. The zero-order valence-electron chi connectivity index (χ0n) is 12.1. The van der Waals surface area contributed by atoms with Crippen molar-refractivity contribution in [3.63, 3.8) is 0 Å². The van der Waals surface area contributed by atoms with Gasteiger partial charge in [-0.3, -0.25) is 15.1 Å². The number of nitrogens with zero attached hydrogens (tertiary/aromatic N) is 1. The van der Waals surface area contributed by atoms with Gasteiger partial charge < -0.3 is 9.15 Å². The molecule has 6 heteroatoms. The Morgan fingerprint density at radius 1 is 1.60 bits per heavy atom. The van der Waals surface area contributed by atoms with Gasteiger partial charge in [0.2, 0.25) is 0 Å². The minimum absolute atomic E-state index is 0.317. The highest BCUT2D eigenvalue weighted by atomic mass is 16.5. The van der Waals surface area contributed by atoms with Gasteiger partial charge in [0, 0.05) is 13.2 Å². The first-order valence-electron chi connectivity index (χ1n) is 7.08. The second-order valence-corrected chi connectivity index (χ2v) is 5.12. The maximum absolute atomic E-state index is 11.6. The summed E-state index contributed by atoms with van der Waals surface area (Å²) in [5, 5.41) is 0. The average molecular weight is 281 g/mol. The predicted molar refractivity (Wildman–Crippen MR) is 75.0 cm³/mol. The van der Waals surface area contributed by atoms with Gasteiger partial charge in [0.25, 0.3) is 5.91 Å². The quantitative estimate of drug-likeness (QED) is 0.465. The molecule has 0 bridgehead atoms. The number of likely N-dealkylation sites (N-methyl/N-ethyl adjacent to an activating group) is 1. The molecule has 1 amide bonds. The monoisotopic (exact) mass is 281 g/mol. The third kappa shape index (κ3) is 3.59. The van der Waals surface area contributed by atoms with E-state index in [2.05, 4.69) is 17.2 Å². The molecule has 1 aromatic heterocycles. The van der Waals surface area contributed by atoms with Crippen LogP contribution in [0.4, 0.5) is 0 Å². The van der Waals surface area contributed by atoms with Crippen LogP contribution in [0.2, 0.25) is 0 Å². The van der Waals surface area contributed by atoms with Crippen molar-refractivity contribution >= 4 is 5.91 Å². The largest absolute Gasteiger partial charge is 0.464 e. The van der Waals surface area contributed by atoms with Crippen LogP contribution in [-0.2, 0) is 11.3 Å². The number of nitrogens with one attached hydrogen (secondary N) is 1. The molecule has 2 rings (SSSR count). The third-order valence-corrected chi connectivity index (χ3v) is 3.66. The summed E-state index contributed by atoms with van der Waals surface area (Å²) in [5.41, 5.74) is 2.62. The molecule has 20 heavy (non-hydrogen) atoms. The van der Waals surface area contributed by atoms with E-state index in [1.165, 1.54) is 0 Å². The molecule has 0 aromatic carbocycles. The van der Waals surface area contributed by atoms with Crippen LogP contribution in [0.15, 0.2) is 10.5 Å². The summed E-state index contributed by atoms with van der Waals surface area (Å²) in [7, 11) is 0. The molecule has 2 heterocycles. The highest BCUT2D eigenvalue weighted by Crippen LogP contribution is 2.18. The van der Waals surface area contributed by atoms with Gasteiger partial charge in [0.05, 0.1) is 18.2 Å². The van der Waals surface area contributed by atoms with Gasteiger partial charge >= 0.3 is 0 Å². The first-order chi connectivity index (χ1) is 9.63. The second kappa shape index (κ2) is 6.88. The van der Waals surface area contributed by atoms with E-state index in [1.807, 2.05) is 0 Å². The molecule has 0 radical (unpaired) electrons. The number of ether oxygens (including phenoxy) is 1. The third-order valence-electron chi connectivity index (χ3n) is 3.66. The van der Waals surface area contributed by atoms with E-state index in [1.54, 1.807) is 13.0 Å². The Bertz CT molecular complexity index is 453. The number of carbonyl (C=O) groups excluding carboxylic acids is 1. The lowest BCUT2D eigenvalue weighted by Gasteiger charge is -2.22. The Morgan fingerprint density at radius 2 is 2.40 bits per heavy atom. The van der Waals surface area contributed by atoms with Crippen molar-refractivity contribution in [3.8, 4) is 0 Å². The number of hydrogen-bond acceptors (Lipinski definition) is 5. The molecule has 112 valence electrons. The number of nitrogen functional groups attached to an aromatic ring is 1. The number of amides is 1. The van der Waals surface area contributed by atoms with E-state index in [9.17, 15) is 4.79 Å². The molecule has 1 aliphatic rings. The normalized spacial score (nSPS) is 18.7. The number of carbonyl (C=O) groups is 1. The number of hydrazine groups is 1. The number of nitrogens with two attached hydrogens (primary N) is 1. The summed E-state index contributed by atoms with van der Waals surface area (Å²) in [4.78, 5) is 13.8. The van der Waals surface area contributed by atoms with Crippen LogP contribution in [0, 0.1) is 6.92 Å². The van der Waals surface area contributed by atoms with Crippen molar-refractivity contribution in [2.45, 2.75) is 39.3 Å².